The van der Waals surface area contributed by atoms with Gasteiger partial charge in [-0.25, -0.2) is 4.98 Å². The van der Waals surface area contributed by atoms with Crippen LogP contribution >= 0.6 is 0 Å². The predicted molar refractivity (Wildman–Crippen MR) is 79.1 cm³/mol. The van der Waals surface area contributed by atoms with Gasteiger partial charge in [0.05, 0.1) is 19.3 Å². The third-order valence-corrected chi connectivity index (χ3v) is 4.23. The van der Waals surface area contributed by atoms with E-state index in [2.05, 4.69) is 22.0 Å². The molecule has 0 bridgehead atoms. The van der Waals surface area contributed by atoms with Gasteiger partial charge in [0.25, 0.3) is 0 Å². The first-order chi connectivity index (χ1) is 9.81. The molecule has 0 saturated carbocycles. The molecule has 0 aromatic carbocycles. The van der Waals surface area contributed by atoms with Gasteiger partial charge in [-0.15, -0.1) is 0 Å². The monoisotopic (exact) mass is 276 g/mol. The number of aryl methyl sites for hydroxylation is 1. The van der Waals surface area contributed by atoms with Gasteiger partial charge in [-0.05, 0) is 38.3 Å². The van der Waals surface area contributed by atoms with E-state index in [1.807, 2.05) is 13.0 Å². The van der Waals surface area contributed by atoms with E-state index in [1.165, 1.54) is 0 Å². The average molecular weight is 276 g/mol. The summed E-state index contributed by atoms with van der Waals surface area (Å²) >= 11 is 0. The lowest BCUT2D eigenvalue weighted by atomic mass is 10.1. The lowest BCUT2D eigenvalue weighted by Crippen LogP contribution is -2.38. The zero-order chi connectivity index (χ0) is 13.8. The Bertz CT molecular complexity index is 424. The summed E-state index contributed by atoms with van der Waals surface area (Å²) in [6, 6.07) is 6.23. The molecule has 1 atom stereocenters. The first kappa shape index (κ1) is 13.8. The number of hydrogen-bond donors (Lipinski definition) is 0. The SMILES string of the molecule is Cc1cccc(N2CCC(OC[C@@H]3CCOC3)CC2)n1. The second-order valence-electron chi connectivity index (χ2n) is 5.89. The molecule has 0 spiro atoms. The molecule has 110 valence electrons. The van der Waals surface area contributed by atoms with Gasteiger partial charge in [0.2, 0.25) is 0 Å². The lowest BCUT2D eigenvalue weighted by molar-refractivity contribution is 0.0131. The van der Waals surface area contributed by atoms with Gasteiger partial charge >= 0.3 is 0 Å². The highest BCUT2D eigenvalue weighted by Crippen LogP contribution is 2.21. The van der Waals surface area contributed by atoms with Gasteiger partial charge < -0.3 is 14.4 Å². The molecule has 2 fully saturated rings. The van der Waals surface area contributed by atoms with Crippen molar-refractivity contribution >= 4 is 5.82 Å². The molecular weight excluding hydrogens is 252 g/mol. The predicted octanol–water partition coefficient (Wildman–Crippen LogP) is 2.41. The zero-order valence-corrected chi connectivity index (χ0v) is 12.3. The molecule has 0 radical (unpaired) electrons. The largest absolute Gasteiger partial charge is 0.381 e. The van der Waals surface area contributed by atoms with Crippen LogP contribution in [0.25, 0.3) is 0 Å². The van der Waals surface area contributed by atoms with Crippen molar-refractivity contribution in [1.29, 1.82) is 0 Å². The van der Waals surface area contributed by atoms with E-state index in [0.717, 1.165) is 63.7 Å². The third-order valence-electron chi connectivity index (χ3n) is 4.23. The molecule has 20 heavy (non-hydrogen) atoms. The van der Waals surface area contributed by atoms with Crippen molar-refractivity contribution in [2.24, 2.45) is 5.92 Å². The van der Waals surface area contributed by atoms with Crippen LogP contribution in [0.2, 0.25) is 0 Å². The molecule has 2 aliphatic rings. The van der Waals surface area contributed by atoms with Crippen LogP contribution in [-0.2, 0) is 9.47 Å². The standard InChI is InChI=1S/C16H24N2O2/c1-13-3-2-4-16(17-13)18-8-5-15(6-9-18)20-12-14-7-10-19-11-14/h2-4,14-15H,5-12H2,1H3/t14-/m1/s1. The molecule has 2 saturated heterocycles. The quantitative estimate of drug-likeness (QED) is 0.846. The molecule has 0 aliphatic carbocycles. The van der Waals surface area contributed by atoms with Crippen molar-refractivity contribution in [1.82, 2.24) is 4.98 Å². The Morgan fingerprint density at radius 1 is 1.30 bits per heavy atom. The van der Waals surface area contributed by atoms with Gasteiger partial charge in [-0.2, -0.15) is 0 Å². The zero-order valence-electron chi connectivity index (χ0n) is 12.3. The number of ether oxygens (including phenoxy) is 2. The van der Waals surface area contributed by atoms with Crippen molar-refractivity contribution in [3.05, 3.63) is 23.9 Å². The van der Waals surface area contributed by atoms with E-state index in [-0.39, 0.29) is 0 Å². The molecular formula is C16H24N2O2. The van der Waals surface area contributed by atoms with Crippen molar-refractivity contribution in [3.63, 3.8) is 0 Å². The van der Waals surface area contributed by atoms with Crippen LogP contribution in [0.4, 0.5) is 5.82 Å². The van der Waals surface area contributed by atoms with Gasteiger partial charge in [0, 0.05) is 31.3 Å². The van der Waals surface area contributed by atoms with Gasteiger partial charge in [-0.3, -0.25) is 0 Å². The van der Waals surface area contributed by atoms with Crippen LogP contribution < -0.4 is 4.90 Å². The summed E-state index contributed by atoms with van der Waals surface area (Å²) in [6.07, 6.45) is 3.77. The maximum atomic E-state index is 6.05. The summed E-state index contributed by atoms with van der Waals surface area (Å²) in [5.74, 6) is 1.72. The molecule has 0 unspecified atom stereocenters. The molecule has 4 nitrogen and oxygen atoms in total. The van der Waals surface area contributed by atoms with Crippen LogP contribution in [0, 0.1) is 12.8 Å². The van der Waals surface area contributed by atoms with E-state index in [1.54, 1.807) is 0 Å². The molecule has 4 heteroatoms. The summed E-state index contributed by atoms with van der Waals surface area (Å²) in [5, 5.41) is 0. The normalized spacial score (nSPS) is 24.2. The van der Waals surface area contributed by atoms with Crippen LogP contribution in [0.3, 0.4) is 0 Å². The summed E-state index contributed by atoms with van der Waals surface area (Å²) in [7, 11) is 0. The van der Waals surface area contributed by atoms with E-state index in [4.69, 9.17) is 9.47 Å². The Kier molecular flexibility index (Phi) is 4.53. The minimum absolute atomic E-state index is 0.414. The minimum atomic E-state index is 0.414. The molecule has 1 aromatic heterocycles. The average Bonchev–Trinajstić information content (AvgIpc) is 2.99. The lowest BCUT2D eigenvalue weighted by Gasteiger charge is -2.33. The van der Waals surface area contributed by atoms with Gasteiger partial charge in [0.1, 0.15) is 5.82 Å². The van der Waals surface area contributed by atoms with Crippen LogP contribution in [0.5, 0.6) is 0 Å². The smallest absolute Gasteiger partial charge is 0.128 e. The molecule has 1 aromatic rings. The van der Waals surface area contributed by atoms with Crippen molar-refractivity contribution < 1.29 is 9.47 Å². The number of aromatic nitrogens is 1. The Morgan fingerprint density at radius 2 is 2.15 bits per heavy atom. The number of nitrogens with zero attached hydrogens (tertiary/aromatic N) is 2. The number of anilines is 1. The van der Waals surface area contributed by atoms with Crippen molar-refractivity contribution in [3.8, 4) is 0 Å². The number of rotatable bonds is 4. The van der Waals surface area contributed by atoms with Gasteiger partial charge in [-0.1, -0.05) is 6.07 Å². The molecule has 3 heterocycles. The topological polar surface area (TPSA) is 34.6 Å². The Labute approximate surface area is 121 Å². The van der Waals surface area contributed by atoms with Crippen molar-refractivity contribution in [2.45, 2.75) is 32.3 Å². The highest BCUT2D eigenvalue weighted by molar-refractivity contribution is 5.39. The first-order valence-corrected chi connectivity index (χ1v) is 7.69. The highest BCUT2D eigenvalue weighted by atomic mass is 16.5. The molecule has 3 rings (SSSR count). The Hall–Kier alpha value is -1.13. The fraction of sp³-hybridized carbons (Fsp3) is 0.688. The minimum Gasteiger partial charge on any atom is -0.381 e. The van der Waals surface area contributed by atoms with E-state index in [9.17, 15) is 0 Å². The first-order valence-electron chi connectivity index (χ1n) is 7.69. The van der Waals surface area contributed by atoms with Crippen LogP contribution in [0.15, 0.2) is 18.2 Å². The number of piperidine rings is 1. The second kappa shape index (κ2) is 6.55. The van der Waals surface area contributed by atoms with Gasteiger partial charge in [0.15, 0.2) is 0 Å². The second-order valence-corrected chi connectivity index (χ2v) is 5.89. The maximum Gasteiger partial charge on any atom is 0.128 e. The Balaban J connectivity index is 1.44. The molecule has 0 N–H and O–H groups in total. The number of hydrogen-bond acceptors (Lipinski definition) is 4. The summed E-state index contributed by atoms with van der Waals surface area (Å²) in [6.45, 7) is 6.79. The summed E-state index contributed by atoms with van der Waals surface area (Å²) < 4.78 is 11.4. The summed E-state index contributed by atoms with van der Waals surface area (Å²) in [4.78, 5) is 6.97. The van der Waals surface area contributed by atoms with Crippen LogP contribution in [-0.4, -0.2) is 44.0 Å². The molecule has 2 aliphatic heterocycles. The third kappa shape index (κ3) is 3.49. The summed E-state index contributed by atoms with van der Waals surface area (Å²) in [5.41, 5.74) is 1.09. The van der Waals surface area contributed by atoms with Crippen LogP contribution in [0.1, 0.15) is 25.0 Å². The van der Waals surface area contributed by atoms with Crippen molar-refractivity contribution in [2.75, 3.05) is 37.8 Å². The van der Waals surface area contributed by atoms with E-state index < -0.39 is 0 Å². The van der Waals surface area contributed by atoms with E-state index in [0.29, 0.717) is 12.0 Å². The fourth-order valence-electron chi connectivity index (χ4n) is 2.94. The number of pyridine rings is 1. The Morgan fingerprint density at radius 3 is 2.85 bits per heavy atom. The highest BCUT2D eigenvalue weighted by Gasteiger charge is 2.23. The maximum absolute atomic E-state index is 6.05. The van der Waals surface area contributed by atoms with E-state index >= 15 is 0 Å². The fourth-order valence-corrected chi connectivity index (χ4v) is 2.94. The molecule has 0 amide bonds.